The fourth-order valence-electron chi connectivity index (χ4n) is 11.3. The topological polar surface area (TPSA) is 16.4 Å². The molecule has 2 aromatic heterocycles. The minimum absolute atomic E-state index is 0.167. The molecule has 1 aliphatic rings. The first-order valence-electron chi connectivity index (χ1n) is 22.2. The minimum Gasteiger partial charge on any atom is -0.453 e. The van der Waals surface area contributed by atoms with E-state index in [1.807, 2.05) is 11.3 Å². The summed E-state index contributed by atoms with van der Waals surface area (Å²) in [5.74, 6) is 0. The fourth-order valence-corrected chi connectivity index (χ4v) is 12.5. The maximum absolute atomic E-state index is 7.49. The molecule has 13 aromatic rings. The average molecular weight is 834 g/mol. The Labute approximate surface area is 373 Å². The van der Waals surface area contributed by atoms with Gasteiger partial charge in [-0.05, 0) is 108 Å². The summed E-state index contributed by atoms with van der Waals surface area (Å²) in [4.78, 5) is 2.44. The van der Waals surface area contributed by atoms with Crippen molar-refractivity contribution in [3.63, 3.8) is 0 Å². The number of fused-ring (bicyclic) bond motifs is 16. The van der Waals surface area contributed by atoms with E-state index >= 15 is 0 Å². The van der Waals surface area contributed by atoms with Gasteiger partial charge >= 0.3 is 0 Å². The van der Waals surface area contributed by atoms with Crippen molar-refractivity contribution in [2.45, 2.75) is 19.3 Å². The van der Waals surface area contributed by atoms with Crippen molar-refractivity contribution in [3.05, 3.63) is 211 Å². The highest BCUT2D eigenvalue weighted by Gasteiger charge is 2.36. The van der Waals surface area contributed by atoms with Crippen molar-refractivity contribution in [1.29, 1.82) is 0 Å². The molecule has 1 aliphatic carbocycles. The second kappa shape index (κ2) is 13.2. The van der Waals surface area contributed by atoms with Gasteiger partial charge in [0.1, 0.15) is 5.58 Å². The highest BCUT2D eigenvalue weighted by atomic mass is 32.1. The summed E-state index contributed by atoms with van der Waals surface area (Å²) in [5, 5.41) is 14.7. The van der Waals surface area contributed by atoms with E-state index in [0.29, 0.717) is 0 Å². The van der Waals surface area contributed by atoms with E-state index < -0.39 is 0 Å². The van der Waals surface area contributed by atoms with Crippen LogP contribution in [-0.2, 0) is 5.41 Å². The third-order valence-electron chi connectivity index (χ3n) is 14.2. The molecular weight excluding hydrogens is 795 g/mol. The highest BCUT2D eigenvalue weighted by molar-refractivity contribution is 7.26. The molecule has 0 saturated heterocycles. The molecular formula is C61H39NOS. The molecule has 300 valence electrons. The van der Waals surface area contributed by atoms with Gasteiger partial charge in [-0.2, -0.15) is 0 Å². The molecule has 3 heteroatoms. The summed E-state index contributed by atoms with van der Waals surface area (Å²) < 4.78 is 10.1. The summed E-state index contributed by atoms with van der Waals surface area (Å²) in [7, 11) is 0. The Morgan fingerprint density at radius 3 is 1.78 bits per heavy atom. The van der Waals surface area contributed by atoms with Gasteiger partial charge in [0.2, 0.25) is 0 Å². The second-order valence-corrected chi connectivity index (χ2v) is 19.0. The van der Waals surface area contributed by atoms with Crippen LogP contribution in [0.5, 0.6) is 0 Å². The molecule has 14 rings (SSSR count). The highest BCUT2D eigenvalue weighted by Crippen LogP contribution is 2.53. The third-order valence-corrected chi connectivity index (χ3v) is 15.4. The quantitative estimate of drug-likeness (QED) is 0.164. The normalized spacial score (nSPS) is 13.3. The predicted molar refractivity (Wildman–Crippen MR) is 274 cm³/mol. The number of anilines is 3. The van der Waals surface area contributed by atoms with Crippen LogP contribution >= 0.6 is 11.3 Å². The van der Waals surface area contributed by atoms with Crippen molar-refractivity contribution in [1.82, 2.24) is 0 Å². The fraction of sp³-hybridized carbons (Fsp3) is 0.0492. The van der Waals surface area contributed by atoms with Crippen LogP contribution in [0.1, 0.15) is 25.0 Å². The van der Waals surface area contributed by atoms with Crippen molar-refractivity contribution in [2.24, 2.45) is 0 Å². The van der Waals surface area contributed by atoms with Crippen LogP contribution in [0.4, 0.5) is 17.1 Å². The van der Waals surface area contributed by atoms with Gasteiger partial charge in [-0.1, -0.05) is 172 Å². The Bertz CT molecular complexity index is 4090. The van der Waals surface area contributed by atoms with Gasteiger partial charge < -0.3 is 9.32 Å². The maximum Gasteiger partial charge on any atom is 0.159 e. The molecule has 0 radical (unpaired) electrons. The number of furan rings is 1. The van der Waals surface area contributed by atoms with Crippen molar-refractivity contribution < 1.29 is 4.42 Å². The third kappa shape index (κ3) is 4.90. The van der Waals surface area contributed by atoms with Crippen molar-refractivity contribution in [2.75, 3.05) is 4.90 Å². The van der Waals surface area contributed by atoms with Gasteiger partial charge in [-0.3, -0.25) is 0 Å². The van der Waals surface area contributed by atoms with Crippen LogP contribution < -0.4 is 4.90 Å². The number of thiophene rings is 1. The number of hydrogen-bond donors (Lipinski definition) is 0. The number of hydrogen-bond acceptors (Lipinski definition) is 3. The first-order chi connectivity index (χ1) is 31.5. The van der Waals surface area contributed by atoms with E-state index in [1.165, 1.54) is 91.1 Å². The smallest absolute Gasteiger partial charge is 0.159 e. The number of para-hydroxylation sites is 1. The van der Waals surface area contributed by atoms with E-state index in [4.69, 9.17) is 4.42 Å². The Balaban J connectivity index is 1.07. The lowest BCUT2D eigenvalue weighted by Gasteiger charge is -2.28. The predicted octanol–water partition coefficient (Wildman–Crippen LogP) is 18.0. The molecule has 0 fully saturated rings. The molecule has 2 heterocycles. The first-order valence-corrected chi connectivity index (χ1v) is 23.0. The van der Waals surface area contributed by atoms with Crippen LogP contribution in [0.15, 0.2) is 205 Å². The minimum atomic E-state index is -0.167. The Morgan fingerprint density at radius 2 is 0.969 bits per heavy atom. The number of rotatable bonds is 4. The van der Waals surface area contributed by atoms with E-state index in [1.54, 1.807) is 0 Å². The summed E-state index contributed by atoms with van der Waals surface area (Å²) in [6.07, 6.45) is 0. The average Bonchev–Trinajstić information content (AvgIpc) is 3.99. The van der Waals surface area contributed by atoms with E-state index in [0.717, 1.165) is 44.6 Å². The summed E-state index contributed by atoms with van der Waals surface area (Å²) in [6, 6.07) is 74.0. The van der Waals surface area contributed by atoms with E-state index in [2.05, 4.69) is 219 Å². The molecule has 0 saturated carbocycles. The van der Waals surface area contributed by atoms with Gasteiger partial charge in [0.25, 0.3) is 0 Å². The molecule has 64 heavy (non-hydrogen) atoms. The zero-order chi connectivity index (χ0) is 42.3. The van der Waals surface area contributed by atoms with Crippen molar-refractivity contribution in [3.8, 4) is 22.3 Å². The number of benzene rings is 11. The summed E-state index contributed by atoms with van der Waals surface area (Å²) in [6.45, 7) is 4.73. The van der Waals surface area contributed by atoms with Crippen LogP contribution in [-0.4, -0.2) is 0 Å². The SMILES string of the molecule is CC1(C)c2ccccc2-c2ccc(N(c3ccc4c5ccccc5c5ccccc5c4c3)c3cccc4c3oc3c(-c5cccc6c5sc5ccccc56)c5ccccc5cc34)cc21. The van der Waals surface area contributed by atoms with Gasteiger partial charge in [0, 0.05) is 58.9 Å². The molecule has 0 amide bonds. The van der Waals surface area contributed by atoms with Crippen LogP contribution in [0, 0.1) is 0 Å². The molecule has 2 nitrogen and oxygen atoms in total. The molecule has 0 atom stereocenters. The lowest BCUT2D eigenvalue weighted by molar-refractivity contribution is 0.660. The van der Waals surface area contributed by atoms with Gasteiger partial charge in [-0.15, -0.1) is 11.3 Å². The zero-order valence-electron chi connectivity index (χ0n) is 35.3. The summed E-state index contributed by atoms with van der Waals surface area (Å²) >= 11 is 1.87. The maximum atomic E-state index is 7.49. The van der Waals surface area contributed by atoms with Crippen molar-refractivity contribution >= 4 is 114 Å². The molecule has 0 aliphatic heterocycles. The summed E-state index contributed by atoms with van der Waals surface area (Å²) in [5.41, 5.74) is 12.4. The van der Waals surface area contributed by atoms with Crippen LogP contribution in [0.2, 0.25) is 0 Å². The first kappa shape index (κ1) is 35.8. The van der Waals surface area contributed by atoms with E-state index in [-0.39, 0.29) is 5.41 Å². The zero-order valence-corrected chi connectivity index (χ0v) is 36.1. The van der Waals surface area contributed by atoms with Gasteiger partial charge in [0.05, 0.1) is 5.69 Å². The second-order valence-electron chi connectivity index (χ2n) is 17.9. The van der Waals surface area contributed by atoms with Gasteiger partial charge in [0.15, 0.2) is 5.58 Å². The molecule has 0 spiro atoms. The molecule has 0 unspecified atom stereocenters. The van der Waals surface area contributed by atoms with Gasteiger partial charge in [-0.25, -0.2) is 0 Å². The van der Waals surface area contributed by atoms with Crippen LogP contribution in [0.25, 0.3) is 107 Å². The van der Waals surface area contributed by atoms with E-state index in [9.17, 15) is 0 Å². The number of nitrogens with zero attached hydrogens (tertiary/aromatic N) is 1. The largest absolute Gasteiger partial charge is 0.453 e. The molecule has 0 N–H and O–H groups in total. The Hall–Kier alpha value is -7.72. The Morgan fingerprint density at radius 1 is 0.391 bits per heavy atom. The monoisotopic (exact) mass is 833 g/mol. The Kier molecular flexibility index (Phi) is 7.36. The molecule has 11 aromatic carbocycles. The molecule has 0 bridgehead atoms. The van der Waals surface area contributed by atoms with Crippen LogP contribution in [0.3, 0.4) is 0 Å². The lowest BCUT2D eigenvalue weighted by Crippen LogP contribution is -2.16. The lowest BCUT2D eigenvalue weighted by atomic mass is 9.82. The standard InChI is InChI=1S/C61H39NOS/c1-61(2)53-26-11-9-21-45(53)46-32-30-38(35-54(46)61)62(37-29-31-44-42-19-6-5-17-40(42)41-18-7-8-20-43(41)51(44)34-37)55-27-14-23-48-52-33-36-15-3-4-16-39(36)57(59(52)63-58(48)55)50-25-13-24-49-47-22-10-12-28-56(47)64-60(49)50/h3-35H,1-2H3.